The quantitative estimate of drug-likeness (QED) is 0.671. The summed E-state index contributed by atoms with van der Waals surface area (Å²) in [4.78, 5) is 8.95. The number of nitrogens with one attached hydrogen (secondary N) is 2. The lowest BCUT2D eigenvalue weighted by atomic mass is 10.1. The average molecular weight is 355 g/mol. The molecule has 3 aromatic rings. The fourth-order valence-corrected chi connectivity index (χ4v) is 3.32. The van der Waals surface area contributed by atoms with Crippen molar-refractivity contribution in [3.05, 3.63) is 48.0 Å². The summed E-state index contributed by atoms with van der Waals surface area (Å²) in [6.45, 7) is 3.58. The Bertz CT molecular complexity index is 917. The summed E-state index contributed by atoms with van der Waals surface area (Å²) in [5.41, 5.74) is 2.68. The first-order valence-electron chi connectivity index (χ1n) is 8.90. The molecule has 3 aromatic heterocycles. The van der Waals surface area contributed by atoms with Crippen LogP contribution in [0.25, 0.3) is 17.0 Å². The Morgan fingerprint density at radius 3 is 3.04 bits per heavy atom. The van der Waals surface area contributed by atoms with Gasteiger partial charge in [0.1, 0.15) is 17.3 Å². The summed E-state index contributed by atoms with van der Waals surface area (Å²) in [6.07, 6.45) is 5.02. The van der Waals surface area contributed by atoms with Crippen molar-refractivity contribution < 1.29 is 9.50 Å². The highest BCUT2D eigenvalue weighted by atomic mass is 19.1. The Kier molecular flexibility index (Phi) is 4.57. The van der Waals surface area contributed by atoms with Crippen LogP contribution in [0, 0.1) is 5.82 Å². The summed E-state index contributed by atoms with van der Waals surface area (Å²) in [5, 5.41) is 16.5. The fraction of sp³-hybridized carbons (Fsp3) is 0.368. The van der Waals surface area contributed by atoms with Crippen LogP contribution in [0.1, 0.15) is 31.4 Å². The van der Waals surface area contributed by atoms with Crippen LogP contribution in [0.5, 0.6) is 0 Å². The largest absolute Gasteiger partial charge is 0.389 e. The van der Waals surface area contributed by atoms with E-state index in [0.717, 1.165) is 37.1 Å². The minimum Gasteiger partial charge on any atom is -0.389 e. The second-order valence-corrected chi connectivity index (χ2v) is 6.75. The first-order chi connectivity index (χ1) is 12.6. The lowest BCUT2D eigenvalue weighted by Gasteiger charge is -2.24. The van der Waals surface area contributed by atoms with Gasteiger partial charge in [-0.15, -0.1) is 0 Å². The van der Waals surface area contributed by atoms with Crippen LogP contribution in [0.15, 0.2) is 36.7 Å². The topological polar surface area (TPSA) is 74.5 Å². The predicted molar refractivity (Wildman–Crippen MR) is 98.5 cm³/mol. The van der Waals surface area contributed by atoms with Gasteiger partial charge in [0.2, 0.25) is 0 Å². The molecule has 1 saturated heterocycles. The van der Waals surface area contributed by atoms with Crippen molar-refractivity contribution >= 4 is 11.5 Å². The van der Waals surface area contributed by atoms with Crippen LogP contribution in [0.3, 0.4) is 0 Å². The molecule has 0 saturated carbocycles. The third-order valence-electron chi connectivity index (χ3n) is 4.71. The molecular formula is C19H22FN5O. The number of fused-ring (bicyclic) bond motifs is 1. The van der Waals surface area contributed by atoms with Gasteiger partial charge in [-0.3, -0.25) is 4.40 Å². The van der Waals surface area contributed by atoms with Crippen molar-refractivity contribution in [1.82, 2.24) is 19.7 Å². The zero-order chi connectivity index (χ0) is 18.1. The maximum atomic E-state index is 14.2. The maximum absolute atomic E-state index is 14.2. The zero-order valence-electron chi connectivity index (χ0n) is 14.6. The molecule has 0 radical (unpaired) electrons. The highest BCUT2D eigenvalue weighted by molar-refractivity contribution is 5.62. The van der Waals surface area contributed by atoms with E-state index in [0.29, 0.717) is 17.2 Å². The number of halogens is 1. The number of rotatable bonds is 4. The summed E-state index contributed by atoms with van der Waals surface area (Å²) < 4.78 is 16.0. The van der Waals surface area contributed by atoms with E-state index in [2.05, 4.69) is 20.6 Å². The molecule has 6 nitrogen and oxygen atoms in total. The van der Waals surface area contributed by atoms with Crippen LogP contribution in [0.4, 0.5) is 10.2 Å². The smallest absolute Gasteiger partial charge is 0.137 e. The third kappa shape index (κ3) is 3.40. The van der Waals surface area contributed by atoms with E-state index in [1.165, 1.54) is 12.1 Å². The Balaban J connectivity index is 1.71. The molecular weight excluding hydrogens is 333 g/mol. The highest BCUT2D eigenvalue weighted by Crippen LogP contribution is 2.24. The second kappa shape index (κ2) is 7.01. The SMILES string of the molecule is CC(O)c1ccc2ncc(-c3cc(F)cc(NC4CCCNC4)n3)n2c1. The van der Waals surface area contributed by atoms with E-state index in [4.69, 9.17) is 0 Å². The van der Waals surface area contributed by atoms with Crippen molar-refractivity contribution in [2.75, 3.05) is 18.4 Å². The highest BCUT2D eigenvalue weighted by Gasteiger charge is 2.16. The molecule has 7 heteroatoms. The minimum atomic E-state index is -0.592. The van der Waals surface area contributed by atoms with Crippen LogP contribution in [-0.4, -0.2) is 38.6 Å². The zero-order valence-corrected chi connectivity index (χ0v) is 14.6. The van der Waals surface area contributed by atoms with E-state index in [1.807, 2.05) is 22.7 Å². The van der Waals surface area contributed by atoms with E-state index in [1.54, 1.807) is 13.1 Å². The number of pyridine rings is 2. The molecule has 0 bridgehead atoms. The van der Waals surface area contributed by atoms with Gasteiger partial charge in [0, 0.05) is 30.9 Å². The summed E-state index contributed by atoms with van der Waals surface area (Å²) >= 11 is 0. The van der Waals surface area contributed by atoms with Gasteiger partial charge in [0.25, 0.3) is 0 Å². The standard InChI is InChI=1S/C19H22FN5O/c1-12(26)13-4-5-19-22-10-17(25(19)11-13)16-7-14(20)8-18(24-16)23-15-3-2-6-21-9-15/h4-5,7-8,10-12,15,21,26H,2-3,6,9H2,1H3,(H,23,24). The summed E-state index contributed by atoms with van der Waals surface area (Å²) in [6, 6.07) is 6.73. The monoisotopic (exact) mass is 355 g/mol. The van der Waals surface area contributed by atoms with Crippen molar-refractivity contribution in [1.29, 1.82) is 0 Å². The Labute approximate surface area is 151 Å². The molecule has 0 amide bonds. The first-order valence-corrected chi connectivity index (χ1v) is 8.90. The van der Waals surface area contributed by atoms with Gasteiger partial charge >= 0.3 is 0 Å². The van der Waals surface area contributed by atoms with E-state index >= 15 is 0 Å². The van der Waals surface area contributed by atoms with Gasteiger partial charge in [-0.1, -0.05) is 6.07 Å². The lowest BCUT2D eigenvalue weighted by molar-refractivity contribution is 0.199. The van der Waals surface area contributed by atoms with Crippen LogP contribution >= 0.6 is 0 Å². The van der Waals surface area contributed by atoms with Gasteiger partial charge in [0.15, 0.2) is 0 Å². The van der Waals surface area contributed by atoms with Gasteiger partial charge in [0.05, 0.1) is 23.7 Å². The summed E-state index contributed by atoms with van der Waals surface area (Å²) in [7, 11) is 0. The molecule has 0 spiro atoms. The molecule has 2 atom stereocenters. The average Bonchev–Trinajstić information content (AvgIpc) is 3.05. The van der Waals surface area contributed by atoms with Gasteiger partial charge in [-0.25, -0.2) is 14.4 Å². The van der Waals surface area contributed by atoms with Gasteiger partial charge in [-0.05, 0) is 37.9 Å². The molecule has 0 aliphatic carbocycles. The number of hydrogen-bond donors (Lipinski definition) is 3. The second-order valence-electron chi connectivity index (χ2n) is 6.75. The lowest BCUT2D eigenvalue weighted by Crippen LogP contribution is -2.38. The number of aromatic nitrogens is 3. The van der Waals surface area contributed by atoms with Crippen molar-refractivity contribution in [2.24, 2.45) is 0 Å². The normalized spacial score (nSPS) is 18.8. The van der Waals surface area contributed by atoms with Crippen LogP contribution < -0.4 is 10.6 Å². The number of imidazole rings is 1. The molecule has 4 rings (SSSR count). The minimum absolute atomic E-state index is 0.245. The number of aliphatic hydroxyl groups excluding tert-OH is 1. The number of hydrogen-bond acceptors (Lipinski definition) is 5. The van der Waals surface area contributed by atoms with Gasteiger partial charge < -0.3 is 15.7 Å². The van der Waals surface area contributed by atoms with E-state index in [9.17, 15) is 9.50 Å². The molecule has 3 N–H and O–H groups in total. The number of piperidine rings is 1. The molecule has 2 unspecified atom stereocenters. The number of nitrogens with zero attached hydrogens (tertiary/aromatic N) is 3. The molecule has 26 heavy (non-hydrogen) atoms. The molecule has 1 fully saturated rings. The summed E-state index contributed by atoms with van der Waals surface area (Å²) in [5.74, 6) is 0.179. The van der Waals surface area contributed by atoms with E-state index < -0.39 is 6.10 Å². The van der Waals surface area contributed by atoms with Crippen LogP contribution in [-0.2, 0) is 0 Å². The van der Waals surface area contributed by atoms with Crippen LogP contribution in [0.2, 0.25) is 0 Å². The Morgan fingerprint density at radius 2 is 2.27 bits per heavy atom. The fourth-order valence-electron chi connectivity index (χ4n) is 3.32. The van der Waals surface area contributed by atoms with Crippen molar-refractivity contribution in [2.45, 2.75) is 31.9 Å². The van der Waals surface area contributed by atoms with E-state index in [-0.39, 0.29) is 11.9 Å². The Hall–Kier alpha value is -2.51. The number of aliphatic hydroxyl groups is 1. The molecule has 4 heterocycles. The maximum Gasteiger partial charge on any atom is 0.137 e. The molecule has 1 aliphatic rings. The molecule has 0 aromatic carbocycles. The predicted octanol–water partition coefficient (Wildman–Crippen LogP) is 2.75. The molecule has 1 aliphatic heterocycles. The Morgan fingerprint density at radius 1 is 1.38 bits per heavy atom. The number of anilines is 1. The van der Waals surface area contributed by atoms with Gasteiger partial charge in [-0.2, -0.15) is 0 Å². The van der Waals surface area contributed by atoms with Crippen molar-refractivity contribution in [3.8, 4) is 11.4 Å². The third-order valence-corrected chi connectivity index (χ3v) is 4.71. The molecule has 136 valence electrons. The van der Waals surface area contributed by atoms with Crippen molar-refractivity contribution in [3.63, 3.8) is 0 Å². The first kappa shape index (κ1) is 16.9.